The van der Waals surface area contributed by atoms with E-state index in [1.54, 1.807) is 17.7 Å². The minimum atomic E-state index is -0.604. The molecule has 2 aromatic rings. The number of aromatic nitrogens is 2. The lowest BCUT2D eigenvalue weighted by Gasteiger charge is -2.06. The molecule has 0 unspecified atom stereocenters. The molecule has 6 heteroatoms. The monoisotopic (exact) mass is 265 g/mol. The Bertz CT molecular complexity index is 618. The summed E-state index contributed by atoms with van der Waals surface area (Å²) in [6.07, 6.45) is 1.51. The molecule has 0 aliphatic carbocycles. The van der Waals surface area contributed by atoms with Gasteiger partial charge < -0.3 is 9.30 Å². The standard InChI is InChI=1S/C12H9ClFN3O/c1-17-11(13)6-16-12(17)7-18-9-3-2-8(5-15)10(14)4-9/h2-4,6H,7H2,1H3. The molecule has 1 aromatic heterocycles. The predicted molar refractivity (Wildman–Crippen MR) is 63.7 cm³/mol. The van der Waals surface area contributed by atoms with Crippen LogP contribution in [-0.2, 0) is 13.7 Å². The average molecular weight is 266 g/mol. The van der Waals surface area contributed by atoms with Gasteiger partial charge in [-0.2, -0.15) is 5.26 Å². The molecule has 0 fully saturated rings. The molecule has 0 saturated carbocycles. The van der Waals surface area contributed by atoms with Gasteiger partial charge in [-0.25, -0.2) is 9.37 Å². The highest BCUT2D eigenvalue weighted by Gasteiger charge is 2.07. The highest BCUT2D eigenvalue weighted by molar-refractivity contribution is 6.29. The lowest BCUT2D eigenvalue weighted by molar-refractivity contribution is 0.290. The van der Waals surface area contributed by atoms with Crippen molar-refractivity contribution in [2.24, 2.45) is 7.05 Å². The molecule has 0 spiro atoms. The molecule has 0 amide bonds. The highest BCUT2D eigenvalue weighted by Crippen LogP contribution is 2.18. The molecule has 0 saturated heterocycles. The van der Waals surface area contributed by atoms with Gasteiger partial charge in [-0.05, 0) is 12.1 Å². The van der Waals surface area contributed by atoms with E-state index in [9.17, 15) is 4.39 Å². The Balaban J connectivity index is 2.09. The van der Waals surface area contributed by atoms with E-state index in [0.717, 1.165) is 0 Å². The van der Waals surface area contributed by atoms with Crippen molar-refractivity contribution in [3.05, 3.63) is 46.8 Å². The fourth-order valence-corrected chi connectivity index (χ4v) is 1.53. The van der Waals surface area contributed by atoms with Crippen LogP contribution in [0.2, 0.25) is 5.15 Å². The number of ether oxygens (including phenoxy) is 1. The van der Waals surface area contributed by atoms with Crippen molar-refractivity contribution < 1.29 is 9.13 Å². The van der Waals surface area contributed by atoms with Gasteiger partial charge in [0.15, 0.2) is 0 Å². The van der Waals surface area contributed by atoms with E-state index in [2.05, 4.69) is 4.98 Å². The first-order valence-corrected chi connectivity index (χ1v) is 5.48. The maximum absolute atomic E-state index is 13.3. The number of imidazole rings is 1. The third kappa shape index (κ3) is 2.44. The normalized spacial score (nSPS) is 10.1. The first kappa shape index (κ1) is 12.4. The molecule has 0 bridgehead atoms. The lowest BCUT2D eigenvalue weighted by atomic mass is 10.2. The van der Waals surface area contributed by atoms with Crippen LogP contribution in [0, 0.1) is 17.1 Å². The van der Waals surface area contributed by atoms with Crippen molar-refractivity contribution >= 4 is 11.6 Å². The Hall–Kier alpha value is -2.06. The minimum absolute atomic E-state index is 0.0117. The summed E-state index contributed by atoms with van der Waals surface area (Å²) in [7, 11) is 1.76. The minimum Gasteiger partial charge on any atom is -0.486 e. The number of hydrogen-bond acceptors (Lipinski definition) is 3. The van der Waals surface area contributed by atoms with E-state index in [4.69, 9.17) is 21.6 Å². The van der Waals surface area contributed by atoms with Gasteiger partial charge in [0.25, 0.3) is 0 Å². The largest absolute Gasteiger partial charge is 0.486 e. The Kier molecular flexibility index (Phi) is 3.49. The summed E-state index contributed by atoms with van der Waals surface area (Å²) in [5.41, 5.74) is -0.0117. The van der Waals surface area contributed by atoms with E-state index in [1.165, 1.54) is 24.4 Å². The molecule has 18 heavy (non-hydrogen) atoms. The van der Waals surface area contributed by atoms with Gasteiger partial charge in [-0.3, -0.25) is 0 Å². The zero-order valence-electron chi connectivity index (χ0n) is 9.52. The third-order valence-electron chi connectivity index (χ3n) is 2.46. The predicted octanol–water partition coefficient (Wildman–Crippen LogP) is 2.66. The summed E-state index contributed by atoms with van der Waals surface area (Å²) in [5.74, 6) is 0.364. The van der Waals surface area contributed by atoms with Gasteiger partial charge in [0.1, 0.15) is 35.2 Å². The maximum atomic E-state index is 13.3. The molecule has 4 nitrogen and oxygen atoms in total. The Morgan fingerprint density at radius 2 is 2.33 bits per heavy atom. The quantitative estimate of drug-likeness (QED) is 0.857. The number of rotatable bonds is 3. The van der Waals surface area contributed by atoms with Gasteiger partial charge >= 0.3 is 0 Å². The van der Waals surface area contributed by atoms with E-state index in [-0.39, 0.29) is 12.2 Å². The second-order valence-corrected chi connectivity index (χ2v) is 3.99. The smallest absolute Gasteiger partial charge is 0.147 e. The van der Waals surface area contributed by atoms with Gasteiger partial charge in [-0.15, -0.1) is 0 Å². The summed E-state index contributed by atoms with van der Waals surface area (Å²) in [6, 6.07) is 5.82. The van der Waals surface area contributed by atoms with Crippen molar-refractivity contribution in [2.45, 2.75) is 6.61 Å². The molecule has 1 heterocycles. The number of benzene rings is 1. The van der Waals surface area contributed by atoms with Crippen LogP contribution in [-0.4, -0.2) is 9.55 Å². The molecule has 2 rings (SSSR count). The summed E-state index contributed by atoms with van der Waals surface area (Å²) in [5, 5.41) is 9.10. The van der Waals surface area contributed by atoms with E-state index >= 15 is 0 Å². The molecule has 0 aliphatic rings. The molecule has 0 aliphatic heterocycles. The van der Waals surface area contributed by atoms with Crippen molar-refractivity contribution in [2.75, 3.05) is 0 Å². The summed E-state index contributed by atoms with van der Waals surface area (Å²) >= 11 is 5.82. The van der Waals surface area contributed by atoms with Crippen LogP contribution in [0.25, 0.3) is 0 Å². The molecule has 1 aromatic carbocycles. The van der Waals surface area contributed by atoms with E-state index in [0.29, 0.717) is 16.7 Å². The zero-order chi connectivity index (χ0) is 13.1. The molecule has 0 N–H and O–H groups in total. The van der Waals surface area contributed by atoms with Crippen molar-refractivity contribution in [1.29, 1.82) is 5.26 Å². The topological polar surface area (TPSA) is 50.8 Å². The van der Waals surface area contributed by atoms with Gasteiger partial charge in [0.2, 0.25) is 0 Å². The van der Waals surface area contributed by atoms with Crippen LogP contribution in [0.1, 0.15) is 11.4 Å². The molecule has 0 radical (unpaired) electrons. The Labute approximate surface area is 108 Å². The second-order valence-electron chi connectivity index (χ2n) is 3.60. The fourth-order valence-electron chi connectivity index (χ4n) is 1.38. The highest BCUT2D eigenvalue weighted by atomic mass is 35.5. The van der Waals surface area contributed by atoms with Crippen LogP contribution < -0.4 is 4.74 Å². The first-order valence-electron chi connectivity index (χ1n) is 5.10. The van der Waals surface area contributed by atoms with Crippen molar-refractivity contribution in [1.82, 2.24) is 9.55 Å². The lowest BCUT2D eigenvalue weighted by Crippen LogP contribution is -2.03. The maximum Gasteiger partial charge on any atom is 0.147 e. The summed E-state index contributed by atoms with van der Waals surface area (Å²) in [4.78, 5) is 4.05. The molecule has 0 atom stereocenters. The van der Waals surface area contributed by atoms with Crippen LogP contribution in [0.3, 0.4) is 0 Å². The van der Waals surface area contributed by atoms with Crippen molar-refractivity contribution in [3.63, 3.8) is 0 Å². The number of nitriles is 1. The number of nitrogens with zero attached hydrogens (tertiary/aromatic N) is 3. The number of hydrogen-bond donors (Lipinski definition) is 0. The second kappa shape index (κ2) is 5.07. The van der Waals surface area contributed by atoms with Crippen molar-refractivity contribution in [3.8, 4) is 11.8 Å². The molecular formula is C12H9ClFN3O. The van der Waals surface area contributed by atoms with Crippen LogP contribution in [0.4, 0.5) is 4.39 Å². The zero-order valence-corrected chi connectivity index (χ0v) is 10.3. The van der Waals surface area contributed by atoms with Crippen LogP contribution >= 0.6 is 11.6 Å². The van der Waals surface area contributed by atoms with Gasteiger partial charge in [0.05, 0.1) is 11.8 Å². The fraction of sp³-hybridized carbons (Fsp3) is 0.167. The summed E-state index contributed by atoms with van der Waals surface area (Å²) < 4.78 is 20.4. The van der Waals surface area contributed by atoms with Crippen LogP contribution in [0.15, 0.2) is 24.4 Å². The van der Waals surface area contributed by atoms with E-state index in [1.807, 2.05) is 0 Å². The molecular weight excluding hydrogens is 257 g/mol. The van der Waals surface area contributed by atoms with Gasteiger partial charge in [-0.1, -0.05) is 11.6 Å². The molecule has 92 valence electrons. The average Bonchev–Trinajstić information content (AvgIpc) is 2.68. The Morgan fingerprint density at radius 3 is 2.89 bits per heavy atom. The van der Waals surface area contributed by atoms with Gasteiger partial charge in [0, 0.05) is 13.1 Å². The SMILES string of the molecule is Cn1c(Cl)cnc1COc1ccc(C#N)c(F)c1. The van der Waals surface area contributed by atoms with E-state index < -0.39 is 5.82 Å². The first-order chi connectivity index (χ1) is 8.61. The number of halogens is 2. The summed E-state index contributed by atoms with van der Waals surface area (Å²) in [6.45, 7) is 0.175. The van der Waals surface area contributed by atoms with Crippen LogP contribution in [0.5, 0.6) is 5.75 Å². The Morgan fingerprint density at radius 1 is 1.56 bits per heavy atom. The third-order valence-corrected chi connectivity index (χ3v) is 2.81.